The number of nitrogens with zero attached hydrogens (tertiary/aromatic N) is 1. The minimum Gasteiger partial charge on any atom is -0.351 e. The summed E-state index contributed by atoms with van der Waals surface area (Å²) in [6.07, 6.45) is 0. The average Bonchev–Trinajstić information content (AvgIpc) is 2.61. The van der Waals surface area contributed by atoms with E-state index in [2.05, 4.69) is 5.32 Å². The number of benzene rings is 2. The minimum absolute atomic E-state index is 0.223. The van der Waals surface area contributed by atoms with Crippen LogP contribution in [0.4, 0.5) is 5.69 Å². The zero-order valence-electron chi connectivity index (χ0n) is 15.7. The highest BCUT2D eigenvalue weighted by Crippen LogP contribution is 2.25. The van der Waals surface area contributed by atoms with Crippen molar-refractivity contribution in [2.24, 2.45) is 5.41 Å². The molecule has 0 aliphatic heterocycles. The quantitative estimate of drug-likeness (QED) is 0.766. The number of hydrogen-bond acceptors (Lipinski definition) is 2. The number of anilines is 1. The maximum atomic E-state index is 13.1. The highest BCUT2D eigenvalue weighted by Gasteiger charge is 2.39. The van der Waals surface area contributed by atoms with E-state index in [1.165, 1.54) is 0 Å². The van der Waals surface area contributed by atoms with Gasteiger partial charge >= 0.3 is 0 Å². The lowest BCUT2D eigenvalue weighted by Crippen LogP contribution is -2.49. The number of aryl methyl sites for hydroxylation is 1. The lowest BCUT2D eigenvalue weighted by atomic mass is 9.89. The SMILES string of the molecule is CCN(C(=O)C(C)(C)C(=O)NCc1ccc(Cl)cc1)c1cccc(C)c1. The highest BCUT2D eigenvalue weighted by molar-refractivity contribution is 6.30. The van der Waals surface area contributed by atoms with E-state index in [0.29, 0.717) is 18.1 Å². The normalized spacial score (nSPS) is 11.1. The van der Waals surface area contributed by atoms with Crippen LogP contribution < -0.4 is 10.2 Å². The summed E-state index contributed by atoms with van der Waals surface area (Å²) < 4.78 is 0. The monoisotopic (exact) mass is 372 g/mol. The molecule has 5 heteroatoms. The summed E-state index contributed by atoms with van der Waals surface area (Å²) in [5.41, 5.74) is 1.62. The summed E-state index contributed by atoms with van der Waals surface area (Å²) >= 11 is 5.87. The van der Waals surface area contributed by atoms with E-state index in [1.54, 1.807) is 30.9 Å². The van der Waals surface area contributed by atoms with Crippen molar-refractivity contribution in [3.8, 4) is 0 Å². The third-order valence-corrected chi connectivity index (χ3v) is 4.60. The second-order valence-corrected chi connectivity index (χ2v) is 7.26. The number of rotatable bonds is 6. The van der Waals surface area contributed by atoms with Gasteiger partial charge in [-0.05, 0) is 63.1 Å². The summed E-state index contributed by atoms with van der Waals surface area (Å²) in [6, 6.07) is 15.0. The fourth-order valence-corrected chi connectivity index (χ4v) is 2.81. The predicted octanol–water partition coefficient (Wildman–Crippen LogP) is 4.34. The first kappa shape index (κ1) is 20.0. The molecule has 2 aromatic carbocycles. The lowest BCUT2D eigenvalue weighted by molar-refractivity contribution is -0.139. The molecule has 0 heterocycles. The van der Waals surface area contributed by atoms with Gasteiger partial charge < -0.3 is 10.2 Å². The van der Waals surface area contributed by atoms with Gasteiger partial charge in [-0.25, -0.2) is 0 Å². The van der Waals surface area contributed by atoms with Crippen LogP contribution >= 0.6 is 11.6 Å². The van der Waals surface area contributed by atoms with Crippen LogP contribution in [0.1, 0.15) is 31.9 Å². The topological polar surface area (TPSA) is 49.4 Å². The van der Waals surface area contributed by atoms with E-state index in [-0.39, 0.29) is 11.8 Å². The van der Waals surface area contributed by atoms with Gasteiger partial charge in [0.25, 0.3) is 0 Å². The van der Waals surface area contributed by atoms with Crippen molar-refractivity contribution in [1.29, 1.82) is 0 Å². The van der Waals surface area contributed by atoms with Crippen molar-refractivity contribution in [1.82, 2.24) is 5.32 Å². The first-order chi connectivity index (χ1) is 12.3. The van der Waals surface area contributed by atoms with Crippen molar-refractivity contribution < 1.29 is 9.59 Å². The van der Waals surface area contributed by atoms with Gasteiger partial charge in [0.1, 0.15) is 5.41 Å². The average molecular weight is 373 g/mol. The second-order valence-electron chi connectivity index (χ2n) is 6.82. The van der Waals surface area contributed by atoms with Crippen LogP contribution in [-0.4, -0.2) is 18.4 Å². The van der Waals surface area contributed by atoms with Crippen LogP contribution in [0.2, 0.25) is 5.02 Å². The van der Waals surface area contributed by atoms with Gasteiger partial charge in [0, 0.05) is 23.8 Å². The number of nitrogens with one attached hydrogen (secondary N) is 1. The van der Waals surface area contributed by atoms with Gasteiger partial charge in [0.15, 0.2) is 0 Å². The van der Waals surface area contributed by atoms with E-state index in [1.807, 2.05) is 50.2 Å². The molecule has 2 amide bonds. The molecule has 0 fully saturated rings. The van der Waals surface area contributed by atoms with E-state index in [9.17, 15) is 9.59 Å². The molecule has 0 spiro atoms. The number of carbonyl (C=O) groups excluding carboxylic acids is 2. The number of amides is 2. The third-order valence-electron chi connectivity index (χ3n) is 4.34. The van der Waals surface area contributed by atoms with Gasteiger partial charge in [-0.2, -0.15) is 0 Å². The summed E-state index contributed by atoms with van der Waals surface area (Å²) in [7, 11) is 0. The smallest absolute Gasteiger partial charge is 0.242 e. The molecule has 2 aromatic rings. The largest absolute Gasteiger partial charge is 0.351 e. The van der Waals surface area contributed by atoms with Crippen molar-refractivity contribution in [2.45, 2.75) is 34.2 Å². The molecule has 0 aliphatic rings. The third kappa shape index (κ3) is 4.64. The Morgan fingerprint density at radius 1 is 1.12 bits per heavy atom. The summed E-state index contributed by atoms with van der Waals surface area (Å²) in [5, 5.41) is 3.50. The molecule has 0 aromatic heterocycles. The Labute approximate surface area is 160 Å². The molecule has 138 valence electrons. The predicted molar refractivity (Wildman–Crippen MR) is 106 cm³/mol. The van der Waals surface area contributed by atoms with Gasteiger partial charge in [0.2, 0.25) is 11.8 Å². The van der Waals surface area contributed by atoms with Crippen molar-refractivity contribution in [2.75, 3.05) is 11.4 Å². The van der Waals surface area contributed by atoms with Crippen LogP contribution in [0, 0.1) is 12.3 Å². The molecule has 0 radical (unpaired) electrons. The minimum atomic E-state index is -1.17. The van der Waals surface area contributed by atoms with Crippen LogP contribution in [0.15, 0.2) is 48.5 Å². The molecule has 0 aliphatic carbocycles. The van der Waals surface area contributed by atoms with Crippen molar-refractivity contribution in [3.63, 3.8) is 0 Å². The molecule has 2 rings (SSSR count). The highest BCUT2D eigenvalue weighted by atomic mass is 35.5. The Balaban J connectivity index is 2.11. The standard InChI is InChI=1S/C21H25ClN2O2/c1-5-24(18-8-6-7-15(2)13-18)20(26)21(3,4)19(25)23-14-16-9-11-17(22)12-10-16/h6-13H,5,14H2,1-4H3,(H,23,25). The van der Waals surface area contributed by atoms with Crippen molar-refractivity contribution >= 4 is 29.1 Å². The van der Waals surface area contributed by atoms with Crippen LogP contribution in [0.5, 0.6) is 0 Å². The van der Waals surface area contributed by atoms with Gasteiger partial charge in [-0.1, -0.05) is 35.9 Å². The first-order valence-electron chi connectivity index (χ1n) is 8.67. The van der Waals surface area contributed by atoms with Gasteiger partial charge in [0.05, 0.1) is 0 Å². The van der Waals surface area contributed by atoms with Gasteiger partial charge in [-0.3, -0.25) is 9.59 Å². The Morgan fingerprint density at radius 3 is 2.35 bits per heavy atom. The summed E-state index contributed by atoms with van der Waals surface area (Å²) in [4.78, 5) is 27.4. The molecule has 0 saturated heterocycles. The fourth-order valence-electron chi connectivity index (χ4n) is 2.68. The van der Waals surface area contributed by atoms with E-state index in [0.717, 1.165) is 16.8 Å². The molecule has 0 bridgehead atoms. The number of hydrogen-bond donors (Lipinski definition) is 1. The number of halogens is 1. The van der Waals surface area contributed by atoms with E-state index < -0.39 is 5.41 Å². The molecular weight excluding hydrogens is 348 g/mol. The first-order valence-corrected chi connectivity index (χ1v) is 9.05. The second kappa shape index (κ2) is 8.37. The van der Waals surface area contributed by atoms with Crippen LogP contribution in [0.3, 0.4) is 0 Å². The zero-order valence-corrected chi connectivity index (χ0v) is 16.4. The summed E-state index contributed by atoms with van der Waals surface area (Å²) in [5.74, 6) is -0.525. The van der Waals surface area contributed by atoms with Crippen LogP contribution in [-0.2, 0) is 16.1 Å². The maximum absolute atomic E-state index is 13.1. The van der Waals surface area contributed by atoms with Crippen LogP contribution in [0.25, 0.3) is 0 Å². The van der Waals surface area contributed by atoms with Crippen molar-refractivity contribution in [3.05, 3.63) is 64.7 Å². The zero-order chi connectivity index (χ0) is 19.3. The fraction of sp³-hybridized carbons (Fsp3) is 0.333. The molecular formula is C21H25ClN2O2. The number of carbonyl (C=O) groups is 2. The Hall–Kier alpha value is -2.33. The summed E-state index contributed by atoms with van der Waals surface area (Å²) in [6.45, 7) is 8.04. The lowest BCUT2D eigenvalue weighted by Gasteiger charge is -2.30. The Morgan fingerprint density at radius 2 is 1.77 bits per heavy atom. The molecule has 26 heavy (non-hydrogen) atoms. The molecule has 0 atom stereocenters. The van der Waals surface area contributed by atoms with E-state index in [4.69, 9.17) is 11.6 Å². The van der Waals surface area contributed by atoms with Gasteiger partial charge in [-0.15, -0.1) is 0 Å². The molecule has 0 unspecified atom stereocenters. The van der Waals surface area contributed by atoms with E-state index >= 15 is 0 Å². The Kier molecular flexibility index (Phi) is 6.43. The Bertz CT molecular complexity index is 785. The maximum Gasteiger partial charge on any atom is 0.242 e. The molecule has 1 N–H and O–H groups in total. The molecule has 4 nitrogen and oxygen atoms in total. The molecule has 0 saturated carbocycles.